The van der Waals surface area contributed by atoms with Gasteiger partial charge in [0.05, 0.1) is 0 Å². The molecule has 0 bridgehead atoms. The lowest BCUT2D eigenvalue weighted by Crippen LogP contribution is -2.41. The van der Waals surface area contributed by atoms with Crippen LogP contribution in [0.3, 0.4) is 0 Å². The van der Waals surface area contributed by atoms with Crippen LogP contribution in [0.1, 0.15) is 36.6 Å². The van der Waals surface area contributed by atoms with Gasteiger partial charge < -0.3 is 9.47 Å². The average molecular weight is 341 g/mol. The molecule has 1 amide bonds. The third-order valence-electron chi connectivity index (χ3n) is 5.64. The molecule has 4 rings (SSSR count). The van der Waals surface area contributed by atoms with E-state index in [4.69, 9.17) is 0 Å². The number of aromatic nitrogens is 2. The maximum atomic E-state index is 13.9. The first kappa shape index (κ1) is 16.3. The van der Waals surface area contributed by atoms with Crippen LogP contribution >= 0.6 is 0 Å². The number of hydrogen-bond donors (Lipinski definition) is 0. The minimum absolute atomic E-state index is 0.0381. The van der Waals surface area contributed by atoms with Crippen molar-refractivity contribution in [3.05, 3.63) is 53.9 Å². The van der Waals surface area contributed by atoms with Gasteiger partial charge in [0, 0.05) is 44.9 Å². The van der Waals surface area contributed by atoms with Gasteiger partial charge in [0.2, 0.25) is 5.91 Å². The lowest BCUT2D eigenvalue weighted by atomic mass is 9.94. The smallest absolute Gasteiger partial charge is 0.226 e. The van der Waals surface area contributed by atoms with Crippen LogP contribution in [0.15, 0.2) is 36.7 Å². The number of carbonyl (C=O) groups is 1. The first-order valence-corrected chi connectivity index (χ1v) is 9.13. The van der Waals surface area contributed by atoms with Gasteiger partial charge in [-0.2, -0.15) is 0 Å². The number of carbonyl (C=O) groups excluding carboxylic acids is 1. The zero-order valence-corrected chi connectivity index (χ0v) is 14.6. The average Bonchev–Trinajstić information content (AvgIpc) is 3.32. The number of hydrogen-bond acceptors (Lipinski definition) is 2. The second kappa shape index (κ2) is 6.62. The van der Waals surface area contributed by atoms with Crippen molar-refractivity contribution in [3.8, 4) is 0 Å². The lowest BCUT2D eigenvalue weighted by molar-refractivity contribution is -0.134. The summed E-state index contributed by atoms with van der Waals surface area (Å²) in [5, 5.41) is 0. The molecule has 0 N–H and O–H groups in total. The molecule has 25 heavy (non-hydrogen) atoms. The molecule has 2 aromatic rings. The van der Waals surface area contributed by atoms with Crippen molar-refractivity contribution in [2.24, 2.45) is 18.9 Å². The van der Waals surface area contributed by atoms with Crippen molar-refractivity contribution < 1.29 is 9.18 Å². The Bertz CT molecular complexity index is 772. The van der Waals surface area contributed by atoms with Crippen LogP contribution in [-0.4, -0.2) is 33.4 Å². The molecule has 1 aromatic carbocycles. The third kappa shape index (κ3) is 3.32. The van der Waals surface area contributed by atoms with Crippen LogP contribution in [0.4, 0.5) is 4.39 Å². The summed E-state index contributed by atoms with van der Waals surface area (Å²) in [6, 6.07) is 6.85. The minimum Gasteiger partial charge on any atom is -0.342 e. The number of piperidine rings is 1. The summed E-state index contributed by atoms with van der Waals surface area (Å²) < 4.78 is 16.0. The van der Waals surface area contributed by atoms with E-state index in [2.05, 4.69) is 9.55 Å². The van der Waals surface area contributed by atoms with Gasteiger partial charge in [-0.15, -0.1) is 0 Å². The number of halogens is 1. The number of imidazole rings is 1. The predicted octanol–water partition coefficient (Wildman–Crippen LogP) is 3.14. The van der Waals surface area contributed by atoms with Gasteiger partial charge in [-0.3, -0.25) is 4.79 Å². The summed E-state index contributed by atoms with van der Waals surface area (Å²) in [5.41, 5.74) is 0.697. The van der Waals surface area contributed by atoms with Crippen LogP contribution in [0, 0.1) is 17.7 Å². The van der Waals surface area contributed by atoms with Crippen molar-refractivity contribution in [2.45, 2.75) is 31.6 Å². The molecule has 5 heteroatoms. The van der Waals surface area contributed by atoms with E-state index in [1.165, 1.54) is 6.07 Å². The maximum absolute atomic E-state index is 13.9. The Hall–Kier alpha value is -2.17. The zero-order valence-electron chi connectivity index (χ0n) is 14.6. The maximum Gasteiger partial charge on any atom is 0.226 e. The van der Waals surface area contributed by atoms with Gasteiger partial charge in [-0.1, -0.05) is 18.2 Å². The molecule has 1 aliphatic heterocycles. The Morgan fingerprint density at radius 2 is 2.20 bits per heavy atom. The largest absolute Gasteiger partial charge is 0.342 e. The minimum atomic E-state index is -0.186. The fraction of sp³-hybridized carbons (Fsp3) is 0.500. The molecule has 2 heterocycles. The predicted molar refractivity (Wildman–Crippen MR) is 93.5 cm³/mol. The highest BCUT2D eigenvalue weighted by molar-refractivity contribution is 5.83. The fourth-order valence-electron chi connectivity index (χ4n) is 4.11. The summed E-state index contributed by atoms with van der Waals surface area (Å²) in [5.74, 6) is 1.58. The number of likely N-dealkylation sites (tertiary alicyclic amines) is 1. The van der Waals surface area contributed by atoms with E-state index in [1.54, 1.807) is 6.07 Å². The highest BCUT2D eigenvalue weighted by atomic mass is 19.1. The molecule has 3 atom stereocenters. The van der Waals surface area contributed by atoms with Gasteiger partial charge in [0.15, 0.2) is 0 Å². The second-order valence-corrected chi connectivity index (χ2v) is 7.42. The molecule has 2 aliphatic rings. The molecule has 2 fully saturated rings. The van der Waals surface area contributed by atoms with Crippen LogP contribution in [0.2, 0.25) is 0 Å². The van der Waals surface area contributed by atoms with Crippen molar-refractivity contribution in [1.82, 2.24) is 14.5 Å². The Morgan fingerprint density at radius 1 is 1.36 bits per heavy atom. The second-order valence-electron chi connectivity index (χ2n) is 7.42. The molecular weight excluding hydrogens is 317 g/mol. The number of amides is 1. The van der Waals surface area contributed by atoms with E-state index in [0.29, 0.717) is 11.5 Å². The van der Waals surface area contributed by atoms with E-state index >= 15 is 0 Å². The molecule has 0 spiro atoms. The highest BCUT2D eigenvalue weighted by Gasteiger charge is 2.47. The van der Waals surface area contributed by atoms with Crippen LogP contribution in [0.25, 0.3) is 0 Å². The summed E-state index contributed by atoms with van der Waals surface area (Å²) in [6.07, 6.45) is 7.65. The first-order valence-electron chi connectivity index (χ1n) is 9.13. The zero-order chi connectivity index (χ0) is 17.4. The molecular formula is C20H24FN3O. The molecule has 4 nitrogen and oxygen atoms in total. The van der Waals surface area contributed by atoms with E-state index in [0.717, 1.165) is 44.6 Å². The van der Waals surface area contributed by atoms with Gasteiger partial charge in [-0.25, -0.2) is 9.37 Å². The normalized spacial score (nSPS) is 25.8. The van der Waals surface area contributed by atoms with Gasteiger partial charge in [-0.05, 0) is 42.7 Å². The number of aryl methyl sites for hydroxylation is 1. The molecule has 1 aliphatic carbocycles. The number of rotatable bonds is 4. The van der Waals surface area contributed by atoms with E-state index in [9.17, 15) is 9.18 Å². The van der Waals surface area contributed by atoms with E-state index < -0.39 is 0 Å². The summed E-state index contributed by atoms with van der Waals surface area (Å²) >= 11 is 0. The van der Waals surface area contributed by atoms with Crippen molar-refractivity contribution >= 4 is 5.91 Å². The van der Waals surface area contributed by atoms with Crippen molar-refractivity contribution in [3.63, 3.8) is 0 Å². The van der Waals surface area contributed by atoms with E-state index in [-0.39, 0.29) is 23.6 Å². The molecule has 0 radical (unpaired) electrons. The quantitative estimate of drug-likeness (QED) is 0.857. The van der Waals surface area contributed by atoms with E-state index in [1.807, 2.05) is 36.5 Å². The standard InChI is InChI=1S/C20H24FN3O/c1-23-10-8-22-19(23)11-14-5-4-9-24(13-14)20(25)17-12-16(17)15-6-2-3-7-18(15)21/h2-3,6-8,10,14,16-17H,4-5,9,11-13H2,1H3/t14-,16+,17-/m0/s1. The monoisotopic (exact) mass is 341 g/mol. The van der Waals surface area contributed by atoms with Gasteiger partial charge in [0.1, 0.15) is 11.6 Å². The molecule has 132 valence electrons. The fourth-order valence-corrected chi connectivity index (χ4v) is 4.11. The van der Waals surface area contributed by atoms with Crippen LogP contribution in [0.5, 0.6) is 0 Å². The number of benzene rings is 1. The lowest BCUT2D eigenvalue weighted by Gasteiger charge is -2.33. The number of nitrogens with zero attached hydrogens (tertiary/aromatic N) is 3. The Labute approximate surface area is 147 Å². The molecule has 1 saturated carbocycles. The molecule has 0 unspecified atom stereocenters. The Balaban J connectivity index is 1.38. The summed E-state index contributed by atoms with van der Waals surface area (Å²) in [4.78, 5) is 19.3. The summed E-state index contributed by atoms with van der Waals surface area (Å²) in [7, 11) is 2.01. The van der Waals surface area contributed by atoms with Crippen molar-refractivity contribution in [2.75, 3.05) is 13.1 Å². The molecule has 1 aromatic heterocycles. The van der Waals surface area contributed by atoms with Gasteiger partial charge >= 0.3 is 0 Å². The highest BCUT2D eigenvalue weighted by Crippen LogP contribution is 2.49. The van der Waals surface area contributed by atoms with Crippen LogP contribution < -0.4 is 0 Å². The Kier molecular flexibility index (Phi) is 4.32. The first-order chi connectivity index (χ1) is 12.1. The van der Waals surface area contributed by atoms with Crippen molar-refractivity contribution in [1.29, 1.82) is 0 Å². The molecule has 1 saturated heterocycles. The SMILES string of the molecule is Cn1ccnc1C[C@@H]1CCCN(C(=O)[C@H]2C[C@@H]2c2ccccc2F)C1. The summed E-state index contributed by atoms with van der Waals surface area (Å²) in [6.45, 7) is 1.63. The topological polar surface area (TPSA) is 38.1 Å². The van der Waals surface area contributed by atoms with Gasteiger partial charge in [0.25, 0.3) is 0 Å². The third-order valence-corrected chi connectivity index (χ3v) is 5.64. The van der Waals surface area contributed by atoms with Crippen LogP contribution in [-0.2, 0) is 18.3 Å². The Morgan fingerprint density at radius 3 is 2.96 bits per heavy atom.